The van der Waals surface area contributed by atoms with Crippen molar-refractivity contribution in [2.45, 2.75) is 13.3 Å². The van der Waals surface area contributed by atoms with Gasteiger partial charge in [-0.25, -0.2) is 0 Å². The molecule has 2 aromatic rings. The number of hydrogen-bond donors (Lipinski definition) is 3. The lowest BCUT2D eigenvalue weighted by Gasteiger charge is -2.11. The first-order valence-corrected chi connectivity index (χ1v) is 8.62. The van der Waals surface area contributed by atoms with Crippen LogP contribution in [-0.4, -0.2) is 24.2 Å². The zero-order valence-electron chi connectivity index (χ0n) is 13.8. The van der Waals surface area contributed by atoms with Crippen molar-refractivity contribution in [3.05, 3.63) is 53.6 Å². The van der Waals surface area contributed by atoms with Crippen molar-refractivity contribution in [3.8, 4) is 5.75 Å². The Bertz CT molecular complexity index is 740. The average Bonchev–Trinajstić information content (AvgIpc) is 2.54. The average molecular weight is 378 g/mol. The predicted molar refractivity (Wildman–Crippen MR) is 107 cm³/mol. The molecule has 0 fully saturated rings. The van der Waals surface area contributed by atoms with Crippen molar-refractivity contribution in [3.63, 3.8) is 0 Å². The summed E-state index contributed by atoms with van der Waals surface area (Å²) in [6.07, 6.45) is 0.779. The highest BCUT2D eigenvalue weighted by Gasteiger charge is 2.00. The van der Waals surface area contributed by atoms with Crippen LogP contribution in [0.25, 0.3) is 0 Å². The molecular formula is C18H20ClN3O2S. The van der Waals surface area contributed by atoms with E-state index in [-0.39, 0.29) is 5.91 Å². The number of ether oxygens (including phenoxy) is 1. The topological polar surface area (TPSA) is 62.4 Å². The number of benzene rings is 2. The van der Waals surface area contributed by atoms with Gasteiger partial charge in [0, 0.05) is 35.9 Å². The van der Waals surface area contributed by atoms with E-state index >= 15 is 0 Å². The molecule has 1 amide bonds. The summed E-state index contributed by atoms with van der Waals surface area (Å²) in [5.74, 6) is 0.605. The normalized spacial score (nSPS) is 10.0. The first-order chi connectivity index (χ1) is 12.0. The van der Waals surface area contributed by atoms with Crippen LogP contribution in [-0.2, 0) is 4.79 Å². The molecule has 0 saturated heterocycles. The predicted octanol–water partition coefficient (Wildman–Crippen LogP) is 4.05. The first-order valence-electron chi connectivity index (χ1n) is 7.84. The fourth-order valence-electron chi connectivity index (χ4n) is 2.07. The maximum Gasteiger partial charge on any atom is 0.221 e. The highest BCUT2D eigenvalue weighted by atomic mass is 35.5. The fraction of sp³-hybridized carbons (Fsp3) is 0.222. The molecule has 0 unspecified atom stereocenters. The zero-order chi connectivity index (χ0) is 18.1. The summed E-state index contributed by atoms with van der Waals surface area (Å²) in [5.41, 5.74) is 1.56. The molecule has 0 spiro atoms. The fourth-order valence-corrected chi connectivity index (χ4v) is 2.48. The molecule has 0 radical (unpaired) electrons. The van der Waals surface area contributed by atoms with Gasteiger partial charge in [-0.3, -0.25) is 4.79 Å². The Balaban J connectivity index is 1.66. The molecule has 0 aromatic heterocycles. The van der Waals surface area contributed by atoms with Crippen LogP contribution in [0.3, 0.4) is 0 Å². The number of hydrogen-bond acceptors (Lipinski definition) is 3. The van der Waals surface area contributed by atoms with E-state index in [0.29, 0.717) is 29.0 Å². The maximum atomic E-state index is 11.1. The van der Waals surface area contributed by atoms with E-state index in [4.69, 9.17) is 28.6 Å². The summed E-state index contributed by atoms with van der Waals surface area (Å²) in [4.78, 5) is 11.1. The van der Waals surface area contributed by atoms with Gasteiger partial charge in [-0.05, 0) is 49.0 Å². The first kappa shape index (κ1) is 19.0. The van der Waals surface area contributed by atoms with E-state index in [1.54, 1.807) is 12.1 Å². The van der Waals surface area contributed by atoms with Gasteiger partial charge in [0.1, 0.15) is 5.75 Å². The smallest absolute Gasteiger partial charge is 0.221 e. The second kappa shape index (κ2) is 9.86. The minimum Gasteiger partial charge on any atom is -0.493 e. The Morgan fingerprint density at radius 1 is 1.12 bits per heavy atom. The van der Waals surface area contributed by atoms with Crippen LogP contribution in [0.1, 0.15) is 13.3 Å². The van der Waals surface area contributed by atoms with Crippen LogP contribution in [0.2, 0.25) is 5.02 Å². The van der Waals surface area contributed by atoms with Crippen molar-refractivity contribution >= 4 is 46.2 Å². The second-order valence-electron chi connectivity index (χ2n) is 5.30. The number of rotatable bonds is 7. The van der Waals surface area contributed by atoms with Crippen molar-refractivity contribution < 1.29 is 9.53 Å². The lowest BCUT2D eigenvalue weighted by atomic mass is 10.3. The van der Waals surface area contributed by atoms with Crippen LogP contribution in [0.15, 0.2) is 48.5 Å². The molecule has 3 N–H and O–H groups in total. The number of amides is 1. The molecule has 2 rings (SSSR count). The second-order valence-corrected chi connectivity index (χ2v) is 6.15. The van der Waals surface area contributed by atoms with E-state index in [1.165, 1.54) is 6.92 Å². The van der Waals surface area contributed by atoms with Gasteiger partial charge in [0.15, 0.2) is 5.11 Å². The third-order valence-electron chi connectivity index (χ3n) is 3.11. The summed E-state index contributed by atoms with van der Waals surface area (Å²) in [5, 5.41) is 10.1. The minimum absolute atomic E-state index is 0.109. The summed E-state index contributed by atoms with van der Waals surface area (Å²) in [6, 6.07) is 14.7. The lowest BCUT2D eigenvalue weighted by molar-refractivity contribution is -0.114. The van der Waals surface area contributed by atoms with E-state index in [0.717, 1.165) is 17.8 Å². The summed E-state index contributed by atoms with van der Waals surface area (Å²) in [6.45, 7) is 2.69. The number of carbonyl (C=O) groups is 1. The van der Waals surface area contributed by atoms with Gasteiger partial charge in [-0.1, -0.05) is 23.7 Å². The van der Waals surface area contributed by atoms with Gasteiger partial charge in [0.2, 0.25) is 5.91 Å². The standard InChI is InChI=1S/C18H20ClN3O2S/c1-13(23)21-16-7-3-8-17(12-16)24-10-4-9-20-18(25)22-15-6-2-5-14(19)11-15/h2-3,5-8,11-12H,4,9-10H2,1H3,(H,21,23)(H2,20,22,25). The van der Waals surface area contributed by atoms with Crippen LogP contribution >= 0.6 is 23.8 Å². The molecule has 0 atom stereocenters. The Morgan fingerprint density at radius 2 is 1.84 bits per heavy atom. The summed E-state index contributed by atoms with van der Waals surface area (Å²) < 4.78 is 5.67. The molecule has 5 nitrogen and oxygen atoms in total. The van der Waals surface area contributed by atoms with Gasteiger partial charge in [0.05, 0.1) is 6.61 Å². The van der Waals surface area contributed by atoms with Gasteiger partial charge in [-0.2, -0.15) is 0 Å². The Labute approximate surface area is 157 Å². The largest absolute Gasteiger partial charge is 0.493 e. The lowest BCUT2D eigenvalue weighted by Crippen LogP contribution is -2.30. The quantitative estimate of drug-likeness (QED) is 0.502. The van der Waals surface area contributed by atoms with E-state index in [1.807, 2.05) is 36.4 Å². The monoisotopic (exact) mass is 377 g/mol. The van der Waals surface area contributed by atoms with E-state index < -0.39 is 0 Å². The minimum atomic E-state index is -0.109. The zero-order valence-corrected chi connectivity index (χ0v) is 15.4. The SMILES string of the molecule is CC(=O)Nc1cccc(OCCCNC(=S)Nc2cccc(Cl)c2)c1. The van der Waals surface area contributed by atoms with E-state index in [2.05, 4.69) is 16.0 Å². The molecular weight excluding hydrogens is 358 g/mol. The summed E-state index contributed by atoms with van der Waals surface area (Å²) >= 11 is 11.2. The summed E-state index contributed by atoms with van der Waals surface area (Å²) in [7, 11) is 0. The number of thiocarbonyl (C=S) groups is 1. The molecule has 0 heterocycles. The third kappa shape index (κ3) is 7.41. The number of nitrogens with one attached hydrogen (secondary N) is 3. The van der Waals surface area contributed by atoms with Crippen LogP contribution in [0.5, 0.6) is 5.75 Å². The van der Waals surface area contributed by atoms with Crippen LogP contribution in [0.4, 0.5) is 11.4 Å². The Hall–Kier alpha value is -2.31. The molecule has 25 heavy (non-hydrogen) atoms. The molecule has 0 bridgehead atoms. The molecule has 0 aliphatic heterocycles. The van der Waals surface area contributed by atoms with Crippen molar-refractivity contribution in [2.24, 2.45) is 0 Å². The highest BCUT2D eigenvalue weighted by Crippen LogP contribution is 2.17. The maximum absolute atomic E-state index is 11.1. The highest BCUT2D eigenvalue weighted by molar-refractivity contribution is 7.80. The Morgan fingerprint density at radius 3 is 2.56 bits per heavy atom. The van der Waals surface area contributed by atoms with Crippen molar-refractivity contribution in [1.82, 2.24) is 5.32 Å². The molecule has 0 saturated carbocycles. The number of halogens is 1. The van der Waals surface area contributed by atoms with Gasteiger partial charge < -0.3 is 20.7 Å². The van der Waals surface area contributed by atoms with E-state index in [9.17, 15) is 4.79 Å². The molecule has 0 aliphatic carbocycles. The van der Waals surface area contributed by atoms with Crippen molar-refractivity contribution in [2.75, 3.05) is 23.8 Å². The van der Waals surface area contributed by atoms with Crippen molar-refractivity contribution in [1.29, 1.82) is 0 Å². The molecule has 0 aliphatic rings. The number of anilines is 2. The van der Waals surface area contributed by atoms with Crippen LogP contribution in [0, 0.1) is 0 Å². The molecule has 132 valence electrons. The number of carbonyl (C=O) groups excluding carboxylic acids is 1. The molecule has 2 aromatic carbocycles. The Kier molecular flexibility index (Phi) is 7.50. The van der Waals surface area contributed by atoms with Crippen LogP contribution < -0.4 is 20.7 Å². The third-order valence-corrected chi connectivity index (χ3v) is 3.59. The van der Waals surface area contributed by atoms with Gasteiger partial charge in [-0.15, -0.1) is 0 Å². The molecule has 7 heteroatoms. The van der Waals surface area contributed by atoms with Gasteiger partial charge in [0.25, 0.3) is 0 Å². The van der Waals surface area contributed by atoms with Gasteiger partial charge >= 0.3 is 0 Å².